The van der Waals surface area contributed by atoms with Crippen LogP contribution in [0, 0.1) is 0 Å². The highest BCUT2D eigenvalue weighted by Crippen LogP contribution is 2.16. The fourth-order valence-corrected chi connectivity index (χ4v) is 4.33. The van der Waals surface area contributed by atoms with Gasteiger partial charge in [0.15, 0.2) is 5.96 Å². The second kappa shape index (κ2) is 12.5. The molecule has 1 aromatic carbocycles. The first kappa shape index (κ1) is 24.1. The van der Waals surface area contributed by atoms with E-state index in [0.29, 0.717) is 32.8 Å². The smallest absolute Gasteiger partial charge is 0.218 e. The van der Waals surface area contributed by atoms with E-state index < -0.39 is 10.0 Å². The van der Waals surface area contributed by atoms with Crippen LogP contribution in [-0.4, -0.2) is 58.6 Å². The number of guanidine groups is 1. The van der Waals surface area contributed by atoms with Crippen molar-refractivity contribution >= 4 is 40.0 Å². The summed E-state index contributed by atoms with van der Waals surface area (Å²) in [5, 5.41) is 6.52. The third-order valence-corrected chi connectivity index (χ3v) is 6.14. The molecule has 1 aliphatic heterocycles. The van der Waals surface area contributed by atoms with Crippen molar-refractivity contribution in [2.75, 3.05) is 39.9 Å². The summed E-state index contributed by atoms with van der Waals surface area (Å²) >= 11 is 0. The van der Waals surface area contributed by atoms with Crippen LogP contribution in [0.3, 0.4) is 0 Å². The molecule has 154 valence electrons. The highest BCUT2D eigenvalue weighted by Gasteiger charge is 2.25. The molecule has 0 atom stereocenters. The number of morpholine rings is 1. The fourth-order valence-electron chi connectivity index (χ4n) is 2.77. The van der Waals surface area contributed by atoms with Crippen molar-refractivity contribution in [1.29, 1.82) is 0 Å². The zero-order chi connectivity index (χ0) is 18.8. The molecule has 0 radical (unpaired) electrons. The predicted molar refractivity (Wildman–Crippen MR) is 120 cm³/mol. The van der Waals surface area contributed by atoms with E-state index in [1.54, 1.807) is 7.05 Å². The van der Waals surface area contributed by atoms with Gasteiger partial charge in [0.05, 0.1) is 19.0 Å². The first-order chi connectivity index (χ1) is 12.6. The molecule has 0 aliphatic carbocycles. The molecule has 7 nitrogen and oxygen atoms in total. The maximum absolute atomic E-state index is 12.7. The Balaban J connectivity index is 0.00000364. The molecule has 1 aromatic rings. The molecule has 1 heterocycles. The van der Waals surface area contributed by atoms with Crippen molar-refractivity contribution in [1.82, 2.24) is 14.9 Å². The Morgan fingerprint density at radius 2 is 1.85 bits per heavy atom. The zero-order valence-corrected chi connectivity index (χ0v) is 19.3. The summed E-state index contributed by atoms with van der Waals surface area (Å²) in [4.78, 5) is 4.21. The summed E-state index contributed by atoms with van der Waals surface area (Å²) in [6, 6.07) is 7.63. The minimum Gasteiger partial charge on any atom is -0.379 e. The van der Waals surface area contributed by atoms with Gasteiger partial charge in [-0.1, -0.05) is 37.6 Å². The molecule has 0 unspecified atom stereocenters. The third kappa shape index (κ3) is 7.92. The van der Waals surface area contributed by atoms with Crippen LogP contribution in [0.1, 0.15) is 30.9 Å². The van der Waals surface area contributed by atoms with Gasteiger partial charge < -0.3 is 15.4 Å². The summed E-state index contributed by atoms with van der Waals surface area (Å²) in [7, 11) is -1.61. The summed E-state index contributed by atoms with van der Waals surface area (Å²) < 4.78 is 32.1. The van der Waals surface area contributed by atoms with Gasteiger partial charge in [0.1, 0.15) is 0 Å². The van der Waals surface area contributed by atoms with Crippen molar-refractivity contribution in [3.8, 4) is 0 Å². The highest BCUT2D eigenvalue weighted by molar-refractivity contribution is 14.0. The Kier molecular flexibility index (Phi) is 11.2. The monoisotopic (exact) mass is 510 g/mol. The average molecular weight is 510 g/mol. The lowest BCUT2D eigenvalue weighted by Gasteiger charge is -2.26. The summed E-state index contributed by atoms with van der Waals surface area (Å²) in [5.74, 6) is 0.733. The Morgan fingerprint density at radius 1 is 1.19 bits per heavy atom. The Bertz CT molecular complexity index is 692. The number of hydrogen-bond donors (Lipinski definition) is 2. The van der Waals surface area contributed by atoms with Crippen LogP contribution in [0.4, 0.5) is 0 Å². The number of unbranched alkanes of at least 4 members (excludes halogenated alkanes) is 1. The van der Waals surface area contributed by atoms with Gasteiger partial charge in [0.2, 0.25) is 10.0 Å². The van der Waals surface area contributed by atoms with Gasteiger partial charge >= 0.3 is 0 Å². The lowest BCUT2D eigenvalue weighted by Crippen LogP contribution is -2.41. The number of nitrogens with one attached hydrogen (secondary N) is 2. The second-order valence-electron chi connectivity index (χ2n) is 6.24. The van der Waals surface area contributed by atoms with E-state index in [1.807, 2.05) is 24.3 Å². The van der Waals surface area contributed by atoms with E-state index >= 15 is 0 Å². The molecule has 0 bridgehead atoms. The molecule has 0 amide bonds. The van der Waals surface area contributed by atoms with Crippen LogP contribution in [0.25, 0.3) is 0 Å². The fraction of sp³-hybridized carbons (Fsp3) is 0.611. The van der Waals surface area contributed by atoms with Crippen LogP contribution in [0.15, 0.2) is 29.3 Å². The number of sulfonamides is 1. The molecule has 2 rings (SSSR count). The van der Waals surface area contributed by atoms with Gasteiger partial charge in [0, 0.05) is 33.2 Å². The van der Waals surface area contributed by atoms with Gasteiger partial charge in [-0.25, -0.2) is 8.42 Å². The lowest BCUT2D eigenvalue weighted by molar-refractivity contribution is 0.0729. The topological polar surface area (TPSA) is 83.0 Å². The lowest BCUT2D eigenvalue weighted by atomic mass is 10.1. The first-order valence-electron chi connectivity index (χ1n) is 9.13. The Morgan fingerprint density at radius 3 is 2.48 bits per heavy atom. The van der Waals surface area contributed by atoms with Gasteiger partial charge in [-0.15, -0.1) is 24.0 Å². The number of hydrogen-bond acceptors (Lipinski definition) is 4. The second-order valence-corrected chi connectivity index (χ2v) is 8.21. The predicted octanol–water partition coefficient (Wildman–Crippen LogP) is 1.93. The molecule has 2 N–H and O–H groups in total. The summed E-state index contributed by atoms with van der Waals surface area (Å²) in [6.07, 6.45) is 2.20. The van der Waals surface area contributed by atoms with Gasteiger partial charge in [-0.2, -0.15) is 4.31 Å². The largest absolute Gasteiger partial charge is 0.379 e. The van der Waals surface area contributed by atoms with E-state index in [0.717, 1.165) is 36.5 Å². The van der Waals surface area contributed by atoms with Crippen LogP contribution >= 0.6 is 24.0 Å². The normalized spacial score (nSPS) is 15.9. The van der Waals surface area contributed by atoms with Crippen molar-refractivity contribution in [3.05, 3.63) is 35.4 Å². The number of aliphatic imine (C=N–C) groups is 1. The molecule has 9 heteroatoms. The molecule has 1 saturated heterocycles. The summed E-state index contributed by atoms with van der Waals surface area (Å²) in [5.41, 5.74) is 1.78. The molecular formula is C18H31IN4O3S. The SMILES string of the molecule is CCCCNC(=NC)NCc1ccccc1CS(=O)(=O)N1CCOCC1.I. The molecule has 1 fully saturated rings. The number of halogens is 1. The standard InChI is InChI=1S/C18H30N4O3S.HI/c1-3-4-9-20-18(19-2)21-14-16-7-5-6-8-17(16)15-26(23,24)22-10-12-25-13-11-22;/h5-8H,3-4,9-15H2,1-2H3,(H2,19,20,21);1H. The van der Waals surface area contributed by atoms with E-state index in [4.69, 9.17) is 4.74 Å². The van der Waals surface area contributed by atoms with Crippen molar-refractivity contribution in [2.24, 2.45) is 4.99 Å². The molecule has 0 aromatic heterocycles. The Labute approximate surface area is 180 Å². The highest BCUT2D eigenvalue weighted by atomic mass is 127. The van der Waals surface area contributed by atoms with Gasteiger partial charge in [0.25, 0.3) is 0 Å². The van der Waals surface area contributed by atoms with E-state index in [2.05, 4.69) is 22.5 Å². The van der Waals surface area contributed by atoms with Crippen molar-refractivity contribution in [3.63, 3.8) is 0 Å². The molecule has 0 saturated carbocycles. The van der Waals surface area contributed by atoms with E-state index in [9.17, 15) is 8.42 Å². The maximum Gasteiger partial charge on any atom is 0.218 e. The number of ether oxygens (including phenoxy) is 1. The quantitative estimate of drug-likeness (QED) is 0.242. The van der Waals surface area contributed by atoms with E-state index in [-0.39, 0.29) is 29.7 Å². The zero-order valence-electron chi connectivity index (χ0n) is 16.1. The molecule has 27 heavy (non-hydrogen) atoms. The van der Waals surface area contributed by atoms with Crippen molar-refractivity contribution in [2.45, 2.75) is 32.1 Å². The number of nitrogens with zero attached hydrogens (tertiary/aromatic N) is 2. The van der Waals surface area contributed by atoms with Crippen LogP contribution in [-0.2, 0) is 27.1 Å². The van der Waals surface area contributed by atoms with Gasteiger partial charge in [-0.3, -0.25) is 4.99 Å². The Hall–Kier alpha value is -0.910. The molecule has 0 spiro atoms. The molecular weight excluding hydrogens is 479 g/mol. The van der Waals surface area contributed by atoms with E-state index in [1.165, 1.54) is 4.31 Å². The average Bonchev–Trinajstić information content (AvgIpc) is 2.66. The van der Waals surface area contributed by atoms with Crippen molar-refractivity contribution < 1.29 is 13.2 Å². The van der Waals surface area contributed by atoms with Gasteiger partial charge in [-0.05, 0) is 17.5 Å². The third-order valence-electron chi connectivity index (χ3n) is 4.31. The number of benzene rings is 1. The maximum atomic E-state index is 12.7. The molecule has 1 aliphatic rings. The van der Waals surface area contributed by atoms with Crippen LogP contribution in [0.2, 0.25) is 0 Å². The summed E-state index contributed by atoms with van der Waals surface area (Å²) in [6.45, 7) is 5.31. The minimum atomic E-state index is -3.34. The first-order valence-corrected chi connectivity index (χ1v) is 10.7. The minimum absolute atomic E-state index is 0. The number of rotatable bonds is 8. The van der Waals surface area contributed by atoms with Crippen LogP contribution in [0.5, 0.6) is 0 Å². The van der Waals surface area contributed by atoms with Crippen LogP contribution < -0.4 is 10.6 Å².